The number of hydrogen-bond acceptors (Lipinski definition) is 3. The Kier molecular flexibility index (Phi) is 5.58. The van der Waals surface area contributed by atoms with E-state index < -0.39 is 0 Å². The molecule has 2 aromatic carbocycles. The summed E-state index contributed by atoms with van der Waals surface area (Å²) in [5, 5.41) is 0.381. The van der Waals surface area contributed by atoms with Crippen LogP contribution < -0.4 is 16.0 Å². The first-order chi connectivity index (χ1) is 10.1. The second-order valence-corrected chi connectivity index (χ2v) is 5.83. The molecule has 112 valence electrons. The Bertz CT molecular complexity index is 619. The minimum atomic E-state index is -0.348. The van der Waals surface area contributed by atoms with Crippen molar-refractivity contribution in [2.24, 2.45) is 5.84 Å². The Hall–Kier alpha value is -1.14. The lowest BCUT2D eigenvalue weighted by Crippen LogP contribution is -2.30. The zero-order valence-electron chi connectivity index (χ0n) is 11.4. The lowest BCUT2D eigenvalue weighted by Gasteiger charge is -2.20. The van der Waals surface area contributed by atoms with Gasteiger partial charge in [0.25, 0.3) is 0 Å². The monoisotopic (exact) mass is 372 g/mol. The molecular formula is C15H15BrClFN2O. The summed E-state index contributed by atoms with van der Waals surface area (Å²) < 4.78 is 20.2. The van der Waals surface area contributed by atoms with Crippen molar-refractivity contribution in [2.75, 3.05) is 7.11 Å². The maximum absolute atomic E-state index is 13.9. The molecule has 0 aliphatic rings. The van der Waals surface area contributed by atoms with Crippen LogP contribution in [-0.4, -0.2) is 7.11 Å². The molecule has 0 radical (unpaired) electrons. The predicted octanol–water partition coefficient (Wildman–Crippen LogP) is 4.00. The van der Waals surface area contributed by atoms with Gasteiger partial charge in [-0.2, -0.15) is 0 Å². The molecular weight excluding hydrogens is 359 g/mol. The molecule has 0 bridgehead atoms. The third kappa shape index (κ3) is 3.74. The first-order valence-electron chi connectivity index (χ1n) is 6.29. The van der Waals surface area contributed by atoms with Gasteiger partial charge < -0.3 is 4.74 Å². The number of benzene rings is 2. The van der Waals surface area contributed by atoms with Gasteiger partial charge in [0.15, 0.2) is 0 Å². The summed E-state index contributed by atoms with van der Waals surface area (Å²) in [4.78, 5) is 0. The van der Waals surface area contributed by atoms with Crippen molar-refractivity contribution in [3.8, 4) is 5.75 Å². The second-order valence-electron chi connectivity index (χ2n) is 4.51. The standard InChI is InChI=1S/C15H15BrClFN2O/c1-21-15-7-9(16)5-6-10(15)14(20-19)8-11-12(17)3-2-4-13(11)18/h2-7,14,20H,8,19H2,1H3. The summed E-state index contributed by atoms with van der Waals surface area (Å²) in [6.45, 7) is 0. The van der Waals surface area contributed by atoms with Gasteiger partial charge in [0.1, 0.15) is 11.6 Å². The SMILES string of the molecule is COc1cc(Br)ccc1C(Cc1c(F)cccc1Cl)NN. The minimum absolute atomic E-state index is 0.317. The van der Waals surface area contributed by atoms with Gasteiger partial charge in [-0.1, -0.05) is 39.7 Å². The van der Waals surface area contributed by atoms with E-state index in [4.69, 9.17) is 22.2 Å². The lowest BCUT2D eigenvalue weighted by atomic mass is 9.98. The van der Waals surface area contributed by atoms with Crippen LogP contribution in [0.4, 0.5) is 4.39 Å². The fourth-order valence-corrected chi connectivity index (χ4v) is 2.74. The van der Waals surface area contributed by atoms with Gasteiger partial charge in [-0.3, -0.25) is 11.3 Å². The third-order valence-electron chi connectivity index (χ3n) is 3.24. The van der Waals surface area contributed by atoms with Crippen molar-refractivity contribution < 1.29 is 9.13 Å². The first-order valence-corrected chi connectivity index (χ1v) is 7.46. The van der Waals surface area contributed by atoms with Crippen molar-refractivity contribution in [1.29, 1.82) is 0 Å². The molecule has 0 saturated carbocycles. The molecule has 2 rings (SSSR count). The number of nitrogens with two attached hydrogens (primary N) is 1. The Morgan fingerprint density at radius 1 is 1.38 bits per heavy atom. The van der Waals surface area contributed by atoms with E-state index in [-0.39, 0.29) is 11.9 Å². The van der Waals surface area contributed by atoms with Crippen LogP contribution in [0, 0.1) is 5.82 Å². The predicted molar refractivity (Wildman–Crippen MR) is 85.9 cm³/mol. The molecule has 2 aromatic rings. The molecule has 1 unspecified atom stereocenters. The number of ether oxygens (including phenoxy) is 1. The van der Waals surface area contributed by atoms with Crippen LogP contribution in [-0.2, 0) is 6.42 Å². The molecule has 0 amide bonds. The molecule has 6 heteroatoms. The molecule has 0 aromatic heterocycles. The molecule has 0 heterocycles. The van der Waals surface area contributed by atoms with E-state index in [9.17, 15) is 4.39 Å². The average molecular weight is 374 g/mol. The van der Waals surface area contributed by atoms with Crippen molar-refractivity contribution in [2.45, 2.75) is 12.5 Å². The number of halogens is 3. The number of hydrazine groups is 1. The fourth-order valence-electron chi connectivity index (χ4n) is 2.16. The van der Waals surface area contributed by atoms with Gasteiger partial charge in [0.05, 0.1) is 13.2 Å². The van der Waals surface area contributed by atoms with Gasteiger partial charge in [-0.15, -0.1) is 0 Å². The molecule has 0 saturated heterocycles. The Balaban J connectivity index is 2.37. The first kappa shape index (κ1) is 16.2. The Labute approximate surface area is 136 Å². The molecule has 1 atom stereocenters. The van der Waals surface area contributed by atoms with Crippen molar-refractivity contribution in [3.05, 3.63) is 62.8 Å². The molecule has 21 heavy (non-hydrogen) atoms. The van der Waals surface area contributed by atoms with E-state index >= 15 is 0 Å². The fraction of sp³-hybridized carbons (Fsp3) is 0.200. The molecule has 0 fully saturated rings. The average Bonchev–Trinajstić information content (AvgIpc) is 2.47. The van der Waals surface area contributed by atoms with Crippen LogP contribution in [0.3, 0.4) is 0 Å². The van der Waals surface area contributed by atoms with Crippen LogP contribution in [0.1, 0.15) is 17.2 Å². The molecule has 0 aliphatic carbocycles. The van der Waals surface area contributed by atoms with Crippen molar-refractivity contribution in [1.82, 2.24) is 5.43 Å². The van der Waals surface area contributed by atoms with E-state index in [1.165, 1.54) is 6.07 Å². The summed E-state index contributed by atoms with van der Waals surface area (Å²) in [6, 6.07) is 9.89. The number of methoxy groups -OCH3 is 1. The second kappa shape index (κ2) is 7.22. The van der Waals surface area contributed by atoms with E-state index in [2.05, 4.69) is 21.4 Å². The normalized spacial score (nSPS) is 12.2. The Morgan fingerprint density at radius 3 is 2.76 bits per heavy atom. The maximum Gasteiger partial charge on any atom is 0.127 e. The highest BCUT2D eigenvalue weighted by Gasteiger charge is 2.19. The van der Waals surface area contributed by atoms with E-state index in [0.717, 1.165) is 10.0 Å². The lowest BCUT2D eigenvalue weighted by molar-refractivity contribution is 0.398. The van der Waals surface area contributed by atoms with Gasteiger partial charge in [0.2, 0.25) is 0 Å². The summed E-state index contributed by atoms with van der Waals surface area (Å²) in [5.74, 6) is 5.95. The number of rotatable bonds is 5. The third-order valence-corrected chi connectivity index (χ3v) is 4.09. The van der Waals surface area contributed by atoms with Crippen LogP contribution in [0.5, 0.6) is 5.75 Å². The zero-order chi connectivity index (χ0) is 15.4. The highest BCUT2D eigenvalue weighted by molar-refractivity contribution is 9.10. The highest BCUT2D eigenvalue weighted by atomic mass is 79.9. The zero-order valence-corrected chi connectivity index (χ0v) is 13.7. The van der Waals surface area contributed by atoms with Crippen LogP contribution in [0.15, 0.2) is 40.9 Å². The van der Waals surface area contributed by atoms with E-state index in [0.29, 0.717) is 22.8 Å². The minimum Gasteiger partial charge on any atom is -0.496 e. The smallest absolute Gasteiger partial charge is 0.127 e. The molecule has 0 aliphatic heterocycles. The molecule has 3 N–H and O–H groups in total. The van der Waals surface area contributed by atoms with Crippen LogP contribution >= 0.6 is 27.5 Å². The van der Waals surface area contributed by atoms with E-state index in [1.807, 2.05) is 18.2 Å². The van der Waals surface area contributed by atoms with E-state index in [1.54, 1.807) is 19.2 Å². The Morgan fingerprint density at radius 2 is 2.14 bits per heavy atom. The molecule has 0 spiro atoms. The highest BCUT2D eigenvalue weighted by Crippen LogP contribution is 2.32. The van der Waals surface area contributed by atoms with Gasteiger partial charge >= 0.3 is 0 Å². The number of hydrogen-bond donors (Lipinski definition) is 2. The van der Waals surface area contributed by atoms with Crippen molar-refractivity contribution >= 4 is 27.5 Å². The summed E-state index contributed by atoms with van der Waals surface area (Å²) in [5.41, 5.74) is 3.95. The van der Waals surface area contributed by atoms with Crippen LogP contribution in [0.2, 0.25) is 5.02 Å². The molecule has 3 nitrogen and oxygen atoms in total. The summed E-state index contributed by atoms with van der Waals surface area (Å²) in [7, 11) is 1.58. The topological polar surface area (TPSA) is 47.3 Å². The quantitative estimate of drug-likeness (QED) is 0.615. The number of nitrogens with one attached hydrogen (secondary N) is 1. The van der Waals surface area contributed by atoms with Gasteiger partial charge in [-0.05, 0) is 30.7 Å². The summed E-state index contributed by atoms with van der Waals surface area (Å²) in [6.07, 6.45) is 0.319. The van der Waals surface area contributed by atoms with Gasteiger partial charge in [0, 0.05) is 20.6 Å². The summed E-state index contributed by atoms with van der Waals surface area (Å²) >= 11 is 9.46. The largest absolute Gasteiger partial charge is 0.496 e. The van der Waals surface area contributed by atoms with Gasteiger partial charge in [-0.25, -0.2) is 4.39 Å². The maximum atomic E-state index is 13.9. The van der Waals surface area contributed by atoms with Crippen LogP contribution in [0.25, 0.3) is 0 Å². The van der Waals surface area contributed by atoms with Crippen molar-refractivity contribution in [3.63, 3.8) is 0 Å².